The number of aryl methyl sites for hydroxylation is 1. The van der Waals surface area contributed by atoms with Crippen molar-refractivity contribution in [3.05, 3.63) is 77.6 Å². The van der Waals surface area contributed by atoms with E-state index < -0.39 is 0 Å². The molecule has 1 atom stereocenters. The number of benzene rings is 2. The van der Waals surface area contributed by atoms with Crippen molar-refractivity contribution in [3.63, 3.8) is 0 Å². The van der Waals surface area contributed by atoms with E-state index in [1.807, 2.05) is 30.3 Å². The zero-order chi connectivity index (χ0) is 19.8. The average Bonchev–Trinajstić information content (AvgIpc) is 3.51. The topological polar surface area (TPSA) is 47.4 Å². The first-order valence-electron chi connectivity index (χ1n) is 10.4. The Labute approximate surface area is 170 Å². The number of amides is 1. The molecule has 5 rings (SSSR count). The number of para-hydroxylation sites is 1. The summed E-state index contributed by atoms with van der Waals surface area (Å²) >= 11 is 0. The zero-order valence-electron chi connectivity index (χ0n) is 16.6. The number of nitrogens with zero attached hydrogens (tertiary/aromatic N) is 3. The summed E-state index contributed by atoms with van der Waals surface area (Å²) in [5.41, 5.74) is 3.96. The Bertz CT molecular complexity index is 1020. The van der Waals surface area contributed by atoms with Crippen molar-refractivity contribution in [2.75, 3.05) is 7.11 Å². The fourth-order valence-corrected chi connectivity index (χ4v) is 4.42. The number of aromatic nitrogens is 2. The van der Waals surface area contributed by atoms with Crippen LogP contribution in [-0.4, -0.2) is 33.7 Å². The lowest BCUT2D eigenvalue weighted by Gasteiger charge is -2.36. The molecular formula is C24H25N3O2. The SMILES string of the molecule is COc1cn(-c2ccccc2)nc1C(=O)N(C1CC1)C1CCCc2ccccc21. The van der Waals surface area contributed by atoms with Gasteiger partial charge in [-0.3, -0.25) is 4.79 Å². The molecule has 148 valence electrons. The number of hydrogen-bond donors (Lipinski definition) is 0. The minimum Gasteiger partial charge on any atom is -0.493 e. The van der Waals surface area contributed by atoms with E-state index in [0.717, 1.165) is 37.8 Å². The summed E-state index contributed by atoms with van der Waals surface area (Å²) < 4.78 is 7.27. The van der Waals surface area contributed by atoms with E-state index in [1.165, 1.54) is 11.1 Å². The second kappa shape index (κ2) is 7.39. The number of methoxy groups -OCH3 is 1. The van der Waals surface area contributed by atoms with E-state index in [-0.39, 0.29) is 11.9 Å². The van der Waals surface area contributed by atoms with Crippen LogP contribution in [0.3, 0.4) is 0 Å². The predicted octanol–water partition coefficient (Wildman–Crippen LogP) is 4.56. The minimum absolute atomic E-state index is 0.0271. The maximum Gasteiger partial charge on any atom is 0.279 e. The van der Waals surface area contributed by atoms with Crippen molar-refractivity contribution in [2.45, 2.75) is 44.2 Å². The first-order chi connectivity index (χ1) is 14.3. The normalized spacial score (nSPS) is 18.2. The summed E-state index contributed by atoms with van der Waals surface area (Å²) in [5, 5.41) is 4.63. The monoisotopic (exact) mass is 387 g/mol. The molecule has 0 aliphatic heterocycles. The molecule has 1 aromatic heterocycles. The fourth-order valence-electron chi connectivity index (χ4n) is 4.42. The summed E-state index contributed by atoms with van der Waals surface area (Å²) in [6, 6.07) is 18.8. The highest BCUT2D eigenvalue weighted by Crippen LogP contribution is 2.42. The molecule has 0 N–H and O–H groups in total. The van der Waals surface area contributed by atoms with Crippen molar-refractivity contribution in [1.82, 2.24) is 14.7 Å². The molecule has 1 unspecified atom stereocenters. The van der Waals surface area contributed by atoms with Gasteiger partial charge in [-0.25, -0.2) is 4.68 Å². The van der Waals surface area contributed by atoms with Gasteiger partial charge in [-0.1, -0.05) is 42.5 Å². The zero-order valence-corrected chi connectivity index (χ0v) is 16.6. The third-order valence-electron chi connectivity index (χ3n) is 5.97. The van der Waals surface area contributed by atoms with Gasteiger partial charge in [0.25, 0.3) is 5.91 Å². The van der Waals surface area contributed by atoms with E-state index in [2.05, 4.69) is 34.3 Å². The third kappa shape index (κ3) is 3.31. The van der Waals surface area contributed by atoms with Crippen LogP contribution in [0.25, 0.3) is 5.69 Å². The Morgan fingerprint density at radius 2 is 1.83 bits per heavy atom. The van der Waals surface area contributed by atoms with Crippen molar-refractivity contribution < 1.29 is 9.53 Å². The van der Waals surface area contributed by atoms with Crippen LogP contribution in [0.5, 0.6) is 5.75 Å². The Morgan fingerprint density at radius 1 is 1.07 bits per heavy atom. The molecule has 2 aromatic carbocycles. The van der Waals surface area contributed by atoms with Crippen molar-refractivity contribution in [1.29, 1.82) is 0 Å². The molecule has 2 aliphatic carbocycles. The predicted molar refractivity (Wildman–Crippen MR) is 111 cm³/mol. The molecule has 0 bridgehead atoms. The van der Waals surface area contributed by atoms with Gasteiger partial charge in [0.15, 0.2) is 11.4 Å². The Balaban J connectivity index is 1.53. The van der Waals surface area contributed by atoms with Crippen LogP contribution < -0.4 is 4.74 Å². The molecule has 1 saturated carbocycles. The minimum atomic E-state index is -0.0271. The molecule has 1 heterocycles. The lowest BCUT2D eigenvalue weighted by atomic mass is 9.86. The number of carbonyl (C=O) groups excluding carboxylic acids is 1. The van der Waals surface area contributed by atoms with Crippen LogP contribution in [0.1, 0.15) is 53.3 Å². The maximum atomic E-state index is 13.7. The summed E-state index contributed by atoms with van der Waals surface area (Å²) in [4.78, 5) is 15.8. The van der Waals surface area contributed by atoms with E-state index in [9.17, 15) is 4.79 Å². The van der Waals surface area contributed by atoms with Gasteiger partial charge >= 0.3 is 0 Å². The summed E-state index contributed by atoms with van der Waals surface area (Å²) in [6.07, 6.45) is 7.11. The maximum absolute atomic E-state index is 13.7. The summed E-state index contributed by atoms with van der Waals surface area (Å²) in [6.45, 7) is 0. The summed E-state index contributed by atoms with van der Waals surface area (Å²) in [5.74, 6) is 0.495. The van der Waals surface area contributed by atoms with E-state index in [4.69, 9.17) is 4.74 Å². The standard InChI is InChI=1S/C24H25N3O2/c1-29-22-16-26(18-10-3-2-4-11-18)25-23(22)24(28)27(19-14-15-19)21-13-7-9-17-8-5-6-12-20(17)21/h2-6,8,10-12,16,19,21H,7,9,13-15H2,1H3. The van der Waals surface area contributed by atoms with Gasteiger partial charge < -0.3 is 9.64 Å². The molecule has 0 radical (unpaired) electrons. The molecule has 5 nitrogen and oxygen atoms in total. The van der Waals surface area contributed by atoms with Crippen LogP contribution in [-0.2, 0) is 6.42 Å². The molecule has 0 spiro atoms. The number of hydrogen-bond acceptors (Lipinski definition) is 3. The van der Waals surface area contributed by atoms with Crippen LogP contribution in [0.15, 0.2) is 60.8 Å². The van der Waals surface area contributed by atoms with Gasteiger partial charge in [-0.15, -0.1) is 0 Å². The van der Waals surface area contributed by atoms with Gasteiger partial charge in [0, 0.05) is 6.04 Å². The van der Waals surface area contributed by atoms with Gasteiger partial charge in [0.05, 0.1) is 25.0 Å². The van der Waals surface area contributed by atoms with Crippen LogP contribution in [0.2, 0.25) is 0 Å². The van der Waals surface area contributed by atoms with Crippen LogP contribution in [0, 0.1) is 0 Å². The molecule has 29 heavy (non-hydrogen) atoms. The number of fused-ring (bicyclic) bond motifs is 1. The van der Waals surface area contributed by atoms with Gasteiger partial charge in [0.2, 0.25) is 0 Å². The smallest absolute Gasteiger partial charge is 0.279 e. The van der Waals surface area contributed by atoms with Crippen molar-refractivity contribution in [3.8, 4) is 11.4 Å². The second-order valence-electron chi connectivity index (χ2n) is 7.88. The lowest BCUT2D eigenvalue weighted by Crippen LogP contribution is -2.38. The molecular weight excluding hydrogens is 362 g/mol. The van der Waals surface area contributed by atoms with Crippen molar-refractivity contribution in [2.24, 2.45) is 0 Å². The largest absolute Gasteiger partial charge is 0.493 e. The molecule has 1 amide bonds. The quantitative estimate of drug-likeness (QED) is 0.645. The molecule has 2 aliphatic rings. The van der Waals surface area contributed by atoms with E-state index in [1.54, 1.807) is 18.0 Å². The highest BCUT2D eigenvalue weighted by Gasteiger charge is 2.41. The average molecular weight is 387 g/mol. The Morgan fingerprint density at radius 3 is 2.59 bits per heavy atom. The fraction of sp³-hybridized carbons (Fsp3) is 0.333. The summed E-state index contributed by atoms with van der Waals surface area (Å²) in [7, 11) is 1.60. The lowest BCUT2D eigenvalue weighted by molar-refractivity contribution is 0.0628. The van der Waals surface area contributed by atoms with Gasteiger partial charge in [-0.05, 0) is 55.4 Å². The van der Waals surface area contributed by atoms with Crippen LogP contribution in [0.4, 0.5) is 0 Å². The Hall–Kier alpha value is -3.08. The second-order valence-corrected chi connectivity index (χ2v) is 7.88. The molecule has 1 fully saturated rings. The number of ether oxygens (including phenoxy) is 1. The first-order valence-corrected chi connectivity index (χ1v) is 10.4. The van der Waals surface area contributed by atoms with Crippen LogP contribution >= 0.6 is 0 Å². The third-order valence-corrected chi connectivity index (χ3v) is 5.97. The van der Waals surface area contributed by atoms with E-state index in [0.29, 0.717) is 17.5 Å². The van der Waals surface area contributed by atoms with Gasteiger partial charge in [-0.2, -0.15) is 5.10 Å². The number of rotatable bonds is 5. The van der Waals surface area contributed by atoms with Crippen molar-refractivity contribution >= 4 is 5.91 Å². The Kier molecular flexibility index (Phi) is 4.58. The first kappa shape index (κ1) is 18.0. The highest BCUT2D eigenvalue weighted by atomic mass is 16.5. The van der Waals surface area contributed by atoms with Gasteiger partial charge in [0.1, 0.15) is 0 Å². The molecule has 5 heteroatoms. The molecule has 3 aromatic rings. The highest BCUT2D eigenvalue weighted by molar-refractivity contribution is 5.95. The number of carbonyl (C=O) groups is 1. The molecule has 0 saturated heterocycles. The van der Waals surface area contributed by atoms with E-state index >= 15 is 0 Å².